The maximum atomic E-state index is 13.3. The van der Waals surface area contributed by atoms with Gasteiger partial charge >= 0.3 is 0 Å². The van der Waals surface area contributed by atoms with Crippen LogP contribution in [0.2, 0.25) is 0 Å². The lowest BCUT2D eigenvalue weighted by Crippen LogP contribution is -2.47. The van der Waals surface area contributed by atoms with E-state index in [-0.39, 0.29) is 11.8 Å². The second-order valence-electron chi connectivity index (χ2n) is 8.86. The molecule has 2 atom stereocenters. The van der Waals surface area contributed by atoms with Gasteiger partial charge in [-0.2, -0.15) is 0 Å². The molecule has 4 rings (SSSR count). The fraction of sp³-hybridized carbons (Fsp3) is 0.407. The van der Waals surface area contributed by atoms with E-state index in [9.17, 15) is 4.79 Å². The number of aryl methyl sites for hydroxylation is 1. The molecule has 1 aliphatic carbocycles. The van der Waals surface area contributed by atoms with Gasteiger partial charge in [-0.25, -0.2) is 9.13 Å². The standard InChI is InChI=1S/C27H33N3O2/c1-21-29(16-9-19-32-2)17-18-30(21)25-15-14-24(20-25)27(26(28)31,22-10-5-3-6-11-22)23-12-7-4-8-13-23/h3-8,10-13,17-18,24-25H,9,14-16,19-20H2,1-2H3,(H-,28,31)/p+1/t24-,25+/m0/s1. The molecule has 2 aromatic carbocycles. The van der Waals surface area contributed by atoms with Crippen LogP contribution in [0.5, 0.6) is 0 Å². The average molecular weight is 433 g/mol. The Balaban J connectivity index is 1.67. The molecule has 2 N–H and O–H groups in total. The van der Waals surface area contributed by atoms with Gasteiger partial charge in [-0.1, -0.05) is 60.7 Å². The predicted octanol–water partition coefficient (Wildman–Crippen LogP) is 3.93. The minimum atomic E-state index is -0.827. The summed E-state index contributed by atoms with van der Waals surface area (Å²) in [6.45, 7) is 3.89. The van der Waals surface area contributed by atoms with Gasteiger partial charge in [0.1, 0.15) is 23.9 Å². The first-order valence-electron chi connectivity index (χ1n) is 11.6. The van der Waals surface area contributed by atoms with Gasteiger partial charge in [0.2, 0.25) is 5.91 Å². The van der Waals surface area contributed by atoms with E-state index in [1.807, 2.05) is 36.4 Å². The van der Waals surface area contributed by atoms with Crippen LogP contribution >= 0.6 is 0 Å². The van der Waals surface area contributed by atoms with Crippen molar-refractivity contribution in [2.24, 2.45) is 11.7 Å². The molecule has 168 valence electrons. The minimum absolute atomic E-state index is 0.138. The second kappa shape index (κ2) is 9.70. The Kier molecular flexibility index (Phi) is 6.75. The molecule has 5 nitrogen and oxygen atoms in total. The third kappa shape index (κ3) is 3.97. The molecule has 5 heteroatoms. The van der Waals surface area contributed by atoms with Crippen molar-refractivity contribution in [1.29, 1.82) is 0 Å². The summed E-state index contributed by atoms with van der Waals surface area (Å²) in [5.74, 6) is 1.12. The number of ether oxygens (including phenoxy) is 1. The first-order chi connectivity index (χ1) is 15.6. The maximum Gasteiger partial charge on any atom is 0.253 e. The first kappa shape index (κ1) is 22.3. The molecule has 0 unspecified atom stereocenters. The quantitative estimate of drug-likeness (QED) is 0.411. The summed E-state index contributed by atoms with van der Waals surface area (Å²) >= 11 is 0. The number of imidazole rings is 1. The molecule has 1 heterocycles. The molecule has 0 saturated heterocycles. The van der Waals surface area contributed by atoms with Crippen LogP contribution in [0.25, 0.3) is 0 Å². The summed E-state index contributed by atoms with van der Waals surface area (Å²) in [7, 11) is 1.74. The first-order valence-corrected chi connectivity index (χ1v) is 11.6. The molecular formula is C27H34N3O2+. The molecule has 0 aliphatic heterocycles. The molecule has 0 radical (unpaired) electrons. The smallest absolute Gasteiger partial charge is 0.253 e. The lowest BCUT2D eigenvalue weighted by molar-refractivity contribution is -0.703. The highest BCUT2D eigenvalue weighted by Gasteiger charge is 2.51. The molecule has 1 saturated carbocycles. The highest BCUT2D eigenvalue weighted by molar-refractivity contribution is 5.91. The fourth-order valence-electron chi connectivity index (χ4n) is 5.65. The number of methoxy groups -OCH3 is 1. The zero-order valence-electron chi connectivity index (χ0n) is 19.1. The molecular weight excluding hydrogens is 398 g/mol. The molecule has 1 aromatic heterocycles. The third-order valence-corrected chi connectivity index (χ3v) is 7.20. The maximum absolute atomic E-state index is 13.3. The molecule has 1 aliphatic rings. The van der Waals surface area contributed by atoms with Gasteiger partial charge in [0.05, 0.1) is 6.54 Å². The van der Waals surface area contributed by atoms with E-state index in [0.717, 1.165) is 50.0 Å². The third-order valence-electron chi connectivity index (χ3n) is 7.20. The Labute approximate surface area is 190 Å². The molecule has 1 amide bonds. The van der Waals surface area contributed by atoms with Gasteiger partial charge in [-0.15, -0.1) is 0 Å². The summed E-state index contributed by atoms with van der Waals surface area (Å²) in [6.07, 6.45) is 8.25. The minimum Gasteiger partial charge on any atom is -0.385 e. The van der Waals surface area contributed by atoms with Crippen molar-refractivity contribution in [2.75, 3.05) is 13.7 Å². The van der Waals surface area contributed by atoms with E-state index in [1.165, 1.54) is 5.82 Å². The van der Waals surface area contributed by atoms with Crippen LogP contribution in [0, 0.1) is 12.8 Å². The number of amides is 1. The Bertz CT molecular complexity index is 990. The van der Waals surface area contributed by atoms with Gasteiger partial charge in [0.25, 0.3) is 5.82 Å². The van der Waals surface area contributed by atoms with Crippen LogP contribution in [-0.4, -0.2) is 24.2 Å². The van der Waals surface area contributed by atoms with Gasteiger partial charge in [0, 0.05) is 27.1 Å². The zero-order valence-corrected chi connectivity index (χ0v) is 19.1. The Morgan fingerprint density at radius 2 is 1.72 bits per heavy atom. The summed E-state index contributed by atoms with van der Waals surface area (Å²) < 4.78 is 9.88. The lowest BCUT2D eigenvalue weighted by atomic mass is 9.64. The number of carbonyl (C=O) groups is 1. The fourth-order valence-corrected chi connectivity index (χ4v) is 5.65. The van der Waals surface area contributed by atoms with Gasteiger partial charge in [0.15, 0.2) is 0 Å². The number of nitrogens with two attached hydrogens (primary N) is 1. The van der Waals surface area contributed by atoms with Crippen molar-refractivity contribution >= 4 is 5.91 Å². The normalized spacial score (nSPS) is 18.7. The van der Waals surface area contributed by atoms with Crippen molar-refractivity contribution in [3.05, 3.63) is 90.0 Å². The number of hydrogen-bond donors (Lipinski definition) is 1. The summed E-state index contributed by atoms with van der Waals surface area (Å²) in [6, 6.07) is 20.5. The van der Waals surface area contributed by atoms with Crippen molar-refractivity contribution < 1.29 is 14.1 Å². The molecule has 0 spiro atoms. The Morgan fingerprint density at radius 1 is 1.09 bits per heavy atom. The summed E-state index contributed by atoms with van der Waals surface area (Å²) in [5, 5.41) is 0. The zero-order chi connectivity index (χ0) is 22.6. The lowest BCUT2D eigenvalue weighted by Gasteiger charge is -2.37. The largest absolute Gasteiger partial charge is 0.385 e. The van der Waals surface area contributed by atoms with E-state index in [0.29, 0.717) is 6.04 Å². The Hall–Kier alpha value is -2.92. The van der Waals surface area contributed by atoms with Crippen LogP contribution in [0.3, 0.4) is 0 Å². The predicted molar refractivity (Wildman–Crippen MR) is 125 cm³/mol. The number of benzene rings is 2. The molecule has 0 bridgehead atoms. The van der Waals surface area contributed by atoms with E-state index < -0.39 is 5.41 Å². The van der Waals surface area contributed by atoms with Crippen LogP contribution in [-0.2, 0) is 21.5 Å². The monoisotopic (exact) mass is 432 g/mol. The summed E-state index contributed by atoms with van der Waals surface area (Å²) in [4.78, 5) is 13.3. The van der Waals surface area contributed by atoms with E-state index in [2.05, 4.69) is 52.7 Å². The molecule has 32 heavy (non-hydrogen) atoms. The van der Waals surface area contributed by atoms with E-state index >= 15 is 0 Å². The van der Waals surface area contributed by atoms with Crippen molar-refractivity contribution in [3.63, 3.8) is 0 Å². The van der Waals surface area contributed by atoms with E-state index in [4.69, 9.17) is 10.5 Å². The van der Waals surface area contributed by atoms with Gasteiger partial charge < -0.3 is 10.5 Å². The summed E-state index contributed by atoms with van der Waals surface area (Å²) in [5.41, 5.74) is 7.39. The van der Waals surface area contributed by atoms with Crippen molar-refractivity contribution in [1.82, 2.24) is 4.57 Å². The number of nitrogens with zero attached hydrogens (tertiary/aromatic N) is 2. The number of aromatic nitrogens is 2. The average Bonchev–Trinajstić information content (AvgIpc) is 3.43. The highest BCUT2D eigenvalue weighted by Crippen LogP contribution is 2.49. The number of primary amides is 1. The molecule has 1 fully saturated rings. The van der Waals surface area contributed by atoms with E-state index in [1.54, 1.807) is 7.11 Å². The van der Waals surface area contributed by atoms with Crippen LogP contribution in [0.4, 0.5) is 0 Å². The van der Waals surface area contributed by atoms with Crippen LogP contribution in [0.15, 0.2) is 73.1 Å². The van der Waals surface area contributed by atoms with Crippen LogP contribution < -0.4 is 10.3 Å². The van der Waals surface area contributed by atoms with Crippen molar-refractivity contribution in [2.45, 2.75) is 50.6 Å². The van der Waals surface area contributed by atoms with Gasteiger partial charge in [-0.3, -0.25) is 4.79 Å². The number of rotatable bonds is 9. The SMILES string of the molecule is COCCC[n+]1ccn([C@@H]2CC[C@H](C(C(N)=O)(c3ccccc3)c3ccccc3)C2)c1C. The molecule has 3 aromatic rings. The van der Waals surface area contributed by atoms with Crippen molar-refractivity contribution in [3.8, 4) is 0 Å². The number of hydrogen-bond acceptors (Lipinski definition) is 2. The topological polar surface area (TPSA) is 61.1 Å². The van der Waals surface area contributed by atoms with Crippen LogP contribution in [0.1, 0.15) is 48.7 Å². The Morgan fingerprint density at radius 3 is 2.28 bits per heavy atom. The highest BCUT2D eigenvalue weighted by atomic mass is 16.5. The second-order valence-corrected chi connectivity index (χ2v) is 8.86. The number of carbonyl (C=O) groups excluding carboxylic acids is 1. The van der Waals surface area contributed by atoms with Gasteiger partial charge in [-0.05, 0) is 36.3 Å².